The van der Waals surface area contributed by atoms with Gasteiger partial charge in [-0.1, -0.05) is 0 Å². The Hall–Kier alpha value is -1.62. The van der Waals surface area contributed by atoms with Crippen molar-refractivity contribution in [1.29, 1.82) is 0 Å². The Labute approximate surface area is 118 Å². The zero-order valence-corrected chi connectivity index (χ0v) is 11.7. The van der Waals surface area contributed by atoms with E-state index in [1.807, 2.05) is 11.0 Å². The first-order valence-electron chi connectivity index (χ1n) is 7.14. The second-order valence-corrected chi connectivity index (χ2v) is 5.49. The molecule has 1 aromatic heterocycles. The Kier molecular flexibility index (Phi) is 3.87. The van der Waals surface area contributed by atoms with E-state index in [1.165, 1.54) is 0 Å². The van der Waals surface area contributed by atoms with Crippen LogP contribution in [0, 0.1) is 0 Å². The number of ether oxygens (including phenoxy) is 2. The maximum Gasteiger partial charge on any atom is 0.261 e. The second-order valence-electron chi connectivity index (χ2n) is 5.49. The summed E-state index contributed by atoms with van der Waals surface area (Å²) in [4.78, 5) is 18.4. The predicted molar refractivity (Wildman–Crippen MR) is 73.4 cm³/mol. The van der Waals surface area contributed by atoms with Crippen LogP contribution >= 0.6 is 0 Å². The third-order valence-electron chi connectivity index (χ3n) is 4.31. The van der Waals surface area contributed by atoms with E-state index in [2.05, 4.69) is 4.98 Å². The molecule has 0 radical (unpaired) electrons. The zero-order chi connectivity index (χ0) is 13.9. The summed E-state index contributed by atoms with van der Waals surface area (Å²) in [5.41, 5.74) is 0. The van der Waals surface area contributed by atoms with Gasteiger partial charge in [-0.05, 0) is 37.8 Å². The van der Waals surface area contributed by atoms with Crippen molar-refractivity contribution in [2.45, 2.75) is 43.9 Å². The van der Waals surface area contributed by atoms with Crippen LogP contribution in [0.15, 0.2) is 24.5 Å². The summed E-state index contributed by atoms with van der Waals surface area (Å²) in [5, 5.41) is 0. The summed E-state index contributed by atoms with van der Waals surface area (Å²) in [6.45, 7) is 0.0936. The van der Waals surface area contributed by atoms with Gasteiger partial charge in [0.2, 0.25) is 0 Å². The average molecular weight is 276 g/mol. The van der Waals surface area contributed by atoms with Gasteiger partial charge in [-0.25, -0.2) is 0 Å². The van der Waals surface area contributed by atoms with Gasteiger partial charge in [0.05, 0.1) is 12.3 Å². The van der Waals surface area contributed by atoms with E-state index in [1.54, 1.807) is 25.6 Å². The van der Waals surface area contributed by atoms with Crippen molar-refractivity contribution in [3.63, 3.8) is 0 Å². The lowest BCUT2D eigenvalue weighted by atomic mass is 10.00. The molecule has 3 heterocycles. The summed E-state index contributed by atoms with van der Waals surface area (Å²) in [7, 11) is 1.76. The molecule has 2 aliphatic heterocycles. The number of piperidine rings is 1. The number of aromatic nitrogens is 1. The largest absolute Gasteiger partial charge is 0.482 e. The molecule has 5 nitrogen and oxygen atoms in total. The van der Waals surface area contributed by atoms with Crippen LogP contribution in [0.3, 0.4) is 0 Å². The molecule has 20 heavy (non-hydrogen) atoms. The van der Waals surface area contributed by atoms with Gasteiger partial charge in [0.1, 0.15) is 5.75 Å². The number of carbonyl (C=O) groups excluding carboxylic acids is 1. The minimum atomic E-state index is 0.0795. The van der Waals surface area contributed by atoms with E-state index in [4.69, 9.17) is 9.47 Å². The number of amides is 1. The molecule has 2 atom stereocenters. The van der Waals surface area contributed by atoms with Gasteiger partial charge in [-0.2, -0.15) is 0 Å². The number of nitrogens with zero attached hydrogens (tertiary/aromatic N) is 2. The number of hydrogen-bond acceptors (Lipinski definition) is 4. The van der Waals surface area contributed by atoms with Gasteiger partial charge in [-0.3, -0.25) is 9.78 Å². The second kappa shape index (κ2) is 5.79. The van der Waals surface area contributed by atoms with Crippen molar-refractivity contribution < 1.29 is 14.3 Å². The summed E-state index contributed by atoms with van der Waals surface area (Å²) in [6, 6.07) is 4.26. The third-order valence-corrected chi connectivity index (χ3v) is 4.31. The highest BCUT2D eigenvalue weighted by atomic mass is 16.5. The molecule has 0 saturated carbocycles. The summed E-state index contributed by atoms with van der Waals surface area (Å²) in [6.07, 6.45) is 7.68. The van der Waals surface area contributed by atoms with Gasteiger partial charge >= 0.3 is 0 Å². The number of carbonyl (C=O) groups is 1. The molecular formula is C15H20N2O3. The Balaban J connectivity index is 1.58. The van der Waals surface area contributed by atoms with E-state index in [0.717, 1.165) is 25.7 Å². The van der Waals surface area contributed by atoms with Crippen molar-refractivity contribution >= 4 is 5.91 Å². The molecule has 1 amide bonds. The Morgan fingerprint density at radius 1 is 1.40 bits per heavy atom. The Morgan fingerprint density at radius 2 is 2.15 bits per heavy atom. The third kappa shape index (κ3) is 2.63. The summed E-state index contributed by atoms with van der Waals surface area (Å²) < 4.78 is 11.0. The maximum absolute atomic E-state index is 12.4. The topological polar surface area (TPSA) is 51.7 Å². The van der Waals surface area contributed by atoms with Crippen LogP contribution in [0.5, 0.6) is 5.75 Å². The van der Waals surface area contributed by atoms with E-state index < -0.39 is 0 Å². The highest BCUT2D eigenvalue weighted by molar-refractivity contribution is 5.79. The standard InChI is InChI=1S/C15H20N2O3/c1-19-14-7-11-4-5-12(8-14)17(11)15(18)10-20-13-3-2-6-16-9-13/h2-3,6,9,11-12,14H,4-5,7-8,10H2,1H3. The lowest BCUT2D eigenvalue weighted by molar-refractivity contribution is -0.140. The molecular weight excluding hydrogens is 256 g/mol. The molecule has 2 saturated heterocycles. The van der Waals surface area contributed by atoms with Crippen LogP contribution in [0.4, 0.5) is 0 Å². The number of fused-ring (bicyclic) bond motifs is 2. The van der Waals surface area contributed by atoms with Crippen molar-refractivity contribution in [3.8, 4) is 5.75 Å². The Morgan fingerprint density at radius 3 is 2.75 bits per heavy atom. The van der Waals surface area contributed by atoms with Gasteiger partial charge in [0.15, 0.2) is 6.61 Å². The van der Waals surface area contributed by atoms with Crippen molar-refractivity contribution in [2.75, 3.05) is 13.7 Å². The molecule has 1 aromatic rings. The average Bonchev–Trinajstić information content (AvgIpc) is 2.76. The smallest absolute Gasteiger partial charge is 0.261 e. The first-order chi connectivity index (χ1) is 9.78. The van der Waals surface area contributed by atoms with Crippen LogP contribution in [0.2, 0.25) is 0 Å². The minimum Gasteiger partial charge on any atom is -0.482 e. The van der Waals surface area contributed by atoms with Crippen LogP contribution in [0.25, 0.3) is 0 Å². The molecule has 3 rings (SSSR count). The fraction of sp³-hybridized carbons (Fsp3) is 0.600. The van der Waals surface area contributed by atoms with Gasteiger partial charge < -0.3 is 14.4 Å². The number of rotatable bonds is 4. The quantitative estimate of drug-likeness (QED) is 0.838. The molecule has 2 fully saturated rings. The first-order valence-corrected chi connectivity index (χ1v) is 7.14. The Bertz CT molecular complexity index is 451. The fourth-order valence-electron chi connectivity index (χ4n) is 3.38. The van der Waals surface area contributed by atoms with Gasteiger partial charge in [-0.15, -0.1) is 0 Å². The summed E-state index contributed by atoms with van der Waals surface area (Å²) in [5.74, 6) is 0.718. The number of hydrogen-bond donors (Lipinski definition) is 0. The van der Waals surface area contributed by atoms with Crippen LogP contribution in [0.1, 0.15) is 25.7 Å². The fourth-order valence-corrected chi connectivity index (χ4v) is 3.38. The van der Waals surface area contributed by atoms with Crippen molar-refractivity contribution in [3.05, 3.63) is 24.5 Å². The normalized spacial score (nSPS) is 28.4. The van der Waals surface area contributed by atoms with E-state index >= 15 is 0 Å². The number of methoxy groups -OCH3 is 1. The van der Waals surface area contributed by atoms with Gasteiger partial charge in [0.25, 0.3) is 5.91 Å². The van der Waals surface area contributed by atoms with Crippen molar-refractivity contribution in [2.24, 2.45) is 0 Å². The molecule has 0 aromatic carbocycles. The zero-order valence-electron chi connectivity index (χ0n) is 11.7. The molecule has 2 unspecified atom stereocenters. The highest BCUT2D eigenvalue weighted by Gasteiger charge is 2.43. The van der Waals surface area contributed by atoms with Crippen LogP contribution < -0.4 is 4.74 Å². The molecule has 2 bridgehead atoms. The van der Waals surface area contributed by atoms with E-state index in [0.29, 0.717) is 23.9 Å². The number of pyridine rings is 1. The predicted octanol–water partition coefficient (Wildman–Crippen LogP) is 1.63. The van der Waals surface area contributed by atoms with Crippen LogP contribution in [-0.4, -0.2) is 47.7 Å². The molecule has 0 spiro atoms. The van der Waals surface area contributed by atoms with E-state index in [-0.39, 0.29) is 12.5 Å². The highest BCUT2D eigenvalue weighted by Crippen LogP contribution is 2.36. The minimum absolute atomic E-state index is 0.0795. The monoisotopic (exact) mass is 276 g/mol. The first kappa shape index (κ1) is 13.4. The van der Waals surface area contributed by atoms with Crippen LogP contribution in [-0.2, 0) is 9.53 Å². The molecule has 5 heteroatoms. The molecule has 0 aliphatic carbocycles. The molecule has 0 N–H and O–H groups in total. The van der Waals surface area contributed by atoms with Crippen molar-refractivity contribution in [1.82, 2.24) is 9.88 Å². The van der Waals surface area contributed by atoms with Gasteiger partial charge in [0, 0.05) is 25.4 Å². The van der Waals surface area contributed by atoms with E-state index in [9.17, 15) is 4.79 Å². The molecule has 2 aliphatic rings. The maximum atomic E-state index is 12.4. The lowest BCUT2D eigenvalue weighted by Crippen LogP contribution is -2.50. The lowest BCUT2D eigenvalue weighted by Gasteiger charge is -2.38. The SMILES string of the molecule is COC1CC2CCC(C1)N2C(=O)COc1cccnc1. The summed E-state index contributed by atoms with van der Waals surface area (Å²) >= 11 is 0. The molecule has 108 valence electrons.